The summed E-state index contributed by atoms with van der Waals surface area (Å²) in [7, 11) is 2.01. The fourth-order valence-electron chi connectivity index (χ4n) is 2.03. The fraction of sp³-hybridized carbons (Fsp3) is 0.143. The molecule has 0 amide bonds. The van der Waals surface area contributed by atoms with Crippen LogP contribution in [0, 0.1) is 0 Å². The van der Waals surface area contributed by atoms with Gasteiger partial charge in [0.25, 0.3) is 0 Å². The first-order chi connectivity index (χ1) is 9.29. The first-order valence-electron chi connectivity index (χ1n) is 6.00. The number of fused-ring (bicyclic) bond motifs is 1. The molecular weight excluding hydrogens is 256 g/mol. The molecule has 0 aliphatic carbocycles. The van der Waals surface area contributed by atoms with Crippen molar-refractivity contribution >= 4 is 33.1 Å². The standard InChI is InChI=1S/C14H14N4S/c1-18(11-4-2-3-10(7-11)8-15)14-13-12(5-6-19-13)16-9-17-14/h2-7,9H,8,15H2,1H3. The molecule has 0 bridgehead atoms. The topological polar surface area (TPSA) is 55.0 Å². The van der Waals surface area contributed by atoms with E-state index in [0.29, 0.717) is 6.54 Å². The van der Waals surface area contributed by atoms with Gasteiger partial charge in [-0.2, -0.15) is 0 Å². The van der Waals surface area contributed by atoms with E-state index in [1.54, 1.807) is 17.7 Å². The molecule has 0 aliphatic heterocycles. The van der Waals surface area contributed by atoms with Crippen molar-refractivity contribution in [3.63, 3.8) is 0 Å². The summed E-state index contributed by atoms with van der Waals surface area (Å²) < 4.78 is 1.10. The third kappa shape index (κ3) is 2.18. The zero-order chi connectivity index (χ0) is 13.2. The minimum absolute atomic E-state index is 0.542. The van der Waals surface area contributed by atoms with E-state index in [2.05, 4.69) is 27.0 Å². The van der Waals surface area contributed by atoms with Crippen LogP contribution >= 0.6 is 11.3 Å². The van der Waals surface area contributed by atoms with Gasteiger partial charge < -0.3 is 10.6 Å². The van der Waals surface area contributed by atoms with Crippen LogP contribution in [0.3, 0.4) is 0 Å². The number of benzene rings is 1. The van der Waals surface area contributed by atoms with Gasteiger partial charge in [-0.05, 0) is 29.1 Å². The molecule has 3 rings (SSSR count). The van der Waals surface area contributed by atoms with Crippen LogP contribution in [-0.4, -0.2) is 17.0 Å². The number of hydrogen-bond donors (Lipinski definition) is 1. The van der Waals surface area contributed by atoms with E-state index in [4.69, 9.17) is 5.73 Å². The van der Waals surface area contributed by atoms with Crippen LogP contribution in [0.5, 0.6) is 0 Å². The largest absolute Gasteiger partial charge is 0.328 e. The Hall–Kier alpha value is -1.98. The van der Waals surface area contributed by atoms with Crippen LogP contribution in [0.2, 0.25) is 0 Å². The molecule has 0 atom stereocenters. The van der Waals surface area contributed by atoms with Crippen LogP contribution in [0.1, 0.15) is 5.56 Å². The van der Waals surface area contributed by atoms with E-state index in [9.17, 15) is 0 Å². The second-order valence-corrected chi connectivity index (χ2v) is 5.18. The lowest BCUT2D eigenvalue weighted by molar-refractivity contribution is 1.06. The number of hydrogen-bond acceptors (Lipinski definition) is 5. The Morgan fingerprint density at radius 2 is 2.16 bits per heavy atom. The quantitative estimate of drug-likeness (QED) is 0.795. The van der Waals surface area contributed by atoms with Crippen LogP contribution in [0.15, 0.2) is 42.0 Å². The fourth-order valence-corrected chi connectivity index (χ4v) is 2.90. The highest BCUT2D eigenvalue weighted by atomic mass is 32.1. The van der Waals surface area contributed by atoms with Gasteiger partial charge in [0.2, 0.25) is 0 Å². The second-order valence-electron chi connectivity index (χ2n) is 4.27. The molecule has 0 aliphatic rings. The first-order valence-corrected chi connectivity index (χ1v) is 6.88. The maximum atomic E-state index is 5.69. The van der Waals surface area contributed by atoms with E-state index >= 15 is 0 Å². The molecule has 2 aromatic heterocycles. The summed E-state index contributed by atoms with van der Waals surface area (Å²) in [4.78, 5) is 10.7. The lowest BCUT2D eigenvalue weighted by Gasteiger charge is -2.19. The molecule has 5 heteroatoms. The number of nitrogens with zero attached hydrogens (tertiary/aromatic N) is 3. The van der Waals surface area contributed by atoms with E-state index in [1.165, 1.54) is 0 Å². The van der Waals surface area contributed by atoms with Crippen LogP contribution < -0.4 is 10.6 Å². The summed E-state index contributed by atoms with van der Waals surface area (Å²) in [5, 5.41) is 2.03. The molecule has 96 valence electrons. The SMILES string of the molecule is CN(c1cccc(CN)c1)c1ncnc2ccsc12. The van der Waals surface area contributed by atoms with Gasteiger partial charge in [-0.1, -0.05) is 12.1 Å². The predicted octanol–water partition coefficient (Wildman–Crippen LogP) is 2.92. The molecule has 4 nitrogen and oxygen atoms in total. The molecule has 2 heterocycles. The van der Waals surface area contributed by atoms with Gasteiger partial charge in [-0.25, -0.2) is 9.97 Å². The third-order valence-electron chi connectivity index (χ3n) is 3.08. The number of anilines is 2. The number of rotatable bonds is 3. The Morgan fingerprint density at radius 1 is 1.26 bits per heavy atom. The zero-order valence-electron chi connectivity index (χ0n) is 10.6. The third-order valence-corrected chi connectivity index (χ3v) is 3.98. The van der Waals surface area contributed by atoms with Gasteiger partial charge in [0.15, 0.2) is 5.82 Å². The molecule has 19 heavy (non-hydrogen) atoms. The smallest absolute Gasteiger partial charge is 0.154 e. The van der Waals surface area contributed by atoms with Crippen molar-refractivity contribution in [2.45, 2.75) is 6.54 Å². The minimum Gasteiger partial charge on any atom is -0.328 e. The van der Waals surface area contributed by atoms with Gasteiger partial charge >= 0.3 is 0 Å². The molecule has 2 N–H and O–H groups in total. The Bertz CT molecular complexity index is 707. The molecule has 0 saturated carbocycles. The summed E-state index contributed by atoms with van der Waals surface area (Å²) in [6, 6.07) is 10.2. The Balaban J connectivity index is 2.07. The molecule has 1 aromatic carbocycles. The first kappa shape index (κ1) is 12.1. The minimum atomic E-state index is 0.542. The maximum absolute atomic E-state index is 5.69. The van der Waals surface area contributed by atoms with E-state index in [-0.39, 0.29) is 0 Å². The van der Waals surface area contributed by atoms with Crippen molar-refractivity contribution < 1.29 is 0 Å². The summed E-state index contributed by atoms with van der Waals surface area (Å²) in [6.45, 7) is 0.542. The Kier molecular flexibility index (Phi) is 3.15. The second kappa shape index (κ2) is 4.95. The van der Waals surface area contributed by atoms with Gasteiger partial charge in [0.1, 0.15) is 6.33 Å². The molecule has 0 spiro atoms. The highest BCUT2D eigenvalue weighted by Crippen LogP contribution is 2.31. The highest BCUT2D eigenvalue weighted by Gasteiger charge is 2.11. The van der Waals surface area contributed by atoms with Crippen molar-refractivity contribution in [1.29, 1.82) is 0 Å². The number of aromatic nitrogens is 2. The van der Waals surface area contributed by atoms with Crippen LogP contribution in [0.4, 0.5) is 11.5 Å². The van der Waals surface area contributed by atoms with E-state index in [1.807, 2.05) is 30.6 Å². The lowest BCUT2D eigenvalue weighted by atomic mass is 10.2. The molecule has 3 aromatic rings. The molecule has 0 fully saturated rings. The van der Waals surface area contributed by atoms with Gasteiger partial charge in [-0.3, -0.25) is 0 Å². The predicted molar refractivity (Wildman–Crippen MR) is 79.8 cm³/mol. The van der Waals surface area contributed by atoms with Crippen molar-refractivity contribution in [3.8, 4) is 0 Å². The van der Waals surface area contributed by atoms with E-state index in [0.717, 1.165) is 27.3 Å². The van der Waals surface area contributed by atoms with Crippen molar-refractivity contribution in [3.05, 3.63) is 47.6 Å². The lowest BCUT2D eigenvalue weighted by Crippen LogP contribution is -2.12. The van der Waals surface area contributed by atoms with Crippen LogP contribution in [0.25, 0.3) is 10.2 Å². The molecule has 0 saturated heterocycles. The Labute approximate surface area is 115 Å². The van der Waals surface area contributed by atoms with Gasteiger partial charge in [0.05, 0.1) is 10.2 Å². The molecule has 0 radical (unpaired) electrons. The summed E-state index contributed by atoms with van der Waals surface area (Å²) in [6.07, 6.45) is 1.60. The van der Waals surface area contributed by atoms with Crippen molar-refractivity contribution in [1.82, 2.24) is 9.97 Å². The van der Waals surface area contributed by atoms with Gasteiger partial charge in [-0.15, -0.1) is 11.3 Å². The average Bonchev–Trinajstić information content (AvgIpc) is 2.95. The normalized spacial score (nSPS) is 10.8. The highest BCUT2D eigenvalue weighted by molar-refractivity contribution is 7.17. The average molecular weight is 270 g/mol. The molecular formula is C14H14N4S. The monoisotopic (exact) mass is 270 g/mol. The summed E-state index contributed by atoms with van der Waals surface area (Å²) in [5.74, 6) is 0.925. The van der Waals surface area contributed by atoms with Crippen molar-refractivity contribution in [2.24, 2.45) is 5.73 Å². The van der Waals surface area contributed by atoms with Gasteiger partial charge in [0, 0.05) is 19.3 Å². The maximum Gasteiger partial charge on any atom is 0.154 e. The van der Waals surface area contributed by atoms with E-state index < -0.39 is 0 Å². The van der Waals surface area contributed by atoms with Crippen LogP contribution in [-0.2, 0) is 6.54 Å². The number of nitrogens with two attached hydrogens (primary N) is 1. The summed E-state index contributed by atoms with van der Waals surface area (Å²) in [5.41, 5.74) is 8.86. The summed E-state index contributed by atoms with van der Waals surface area (Å²) >= 11 is 1.66. The zero-order valence-corrected chi connectivity index (χ0v) is 11.4. The Morgan fingerprint density at radius 3 is 3.00 bits per heavy atom. The van der Waals surface area contributed by atoms with Crippen molar-refractivity contribution in [2.75, 3.05) is 11.9 Å². The molecule has 0 unspecified atom stereocenters. The number of thiophene rings is 1.